The first-order valence-corrected chi connectivity index (χ1v) is 5.28. The topological polar surface area (TPSA) is 46.2 Å². The normalized spacial score (nSPS) is 10.7. The average Bonchev–Trinajstić information content (AvgIpc) is 2.40. The lowest BCUT2D eigenvalue weighted by Gasteiger charge is -2.28. The van der Waals surface area contributed by atoms with Gasteiger partial charge in [-0.1, -0.05) is 60.7 Å². The third kappa shape index (κ3) is 2.67. The number of rotatable bonds is 3. The van der Waals surface area contributed by atoms with E-state index in [1.165, 1.54) is 0 Å². The second kappa shape index (κ2) is 5.82. The van der Waals surface area contributed by atoms with Gasteiger partial charge in [0, 0.05) is 0 Å². The zero-order valence-electron chi connectivity index (χ0n) is 9.41. The molecule has 0 heterocycles. The summed E-state index contributed by atoms with van der Waals surface area (Å²) in [6.07, 6.45) is 0. The maximum Gasteiger partial charge on any atom is 0.0900 e. The van der Waals surface area contributed by atoms with Crippen molar-refractivity contribution in [3.8, 4) is 0 Å². The number of benzene rings is 2. The van der Waals surface area contributed by atoms with Crippen molar-refractivity contribution in [1.29, 1.82) is 0 Å². The number of hydrogen-bond donors (Lipinski definition) is 2. The second-order valence-corrected chi connectivity index (χ2v) is 3.86. The van der Waals surface area contributed by atoms with Crippen molar-refractivity contribution in [3.63, 3.8) is 0 Å². The lowest BCUT2D eigenvalue weighted by molar-refractivity contribution is 0.223. The molecule has 17 heavy (non-hydrogen) atoms. The van der Waals surface area contributed by atoms with E-state index in [4.69, 9.17) is 5.73 Å². The fraction of sp³-hybridized carbons (Fsp3) is 0.143. The van der Waals surface area contributed by atoms with Crippen molar-refractivity contribution in [2.75, 3.05) is 6.61 Å². The third-order valence-electron chi connectivity index (χ3n) is 2.83. The Morgan fingerprint density at radius 1 is 0.824 bits per heavy atom. The molecule has 2 nitrogen and oxygen atoms in total. The van der Waals surface area contributed by atoms with Crippen LogP contribution in [-0.2, 0) is 5.54 Å². The molecule has 0 aliphatic rings. The predicted octanol–water partition coefficient (Wildman–Crippen LogP) is 2.30. The first-order chi connectivity index (χ1) is 7.77. The summed E-state index contributed by atoms with van der Waals surface area (Å²) in [6, 6.07) is 19.3. The quantitative estimate of drug-likeness (QED) is 0.877. The molecule has 2 aromatic rings. The summed E-state index contributed by atoms with van der Waals surface area (Å²) in [5.41, 5.74) is 7.31. The van der Waals surface area contributed by atoms with E-state index in [2.05, 4.69) is 0 Å². The number of nitrogens with two attached hydrogens (primary N) is 1. The molecule has 3 N–H and O–H groups in total. The molecule has 0 aromatic heterocycles. The van der Waals surface area contributed by atoms with Gasteiger partial charge in [-0.2, -0.15) is 0 Å². The molecule has 0 unspecified atom stereocenters. The minimum absolute atomic E-state index is 0. The standard InChI is InChI=1S/C14H15NO.ClH/c15-14(11-16,12-7-3-1-4-8-12)13-9-5-2-6-10-13;/h1-10,16H,11,15H2;1H. The van der Waals surface area contributed by atoms with Gasteiger partial charge in [0.25, 0.3) is 0 Å². The second-order valence-electron chi connectivity index (χ2n) is 3.86. The molecule has 0 bridgehead atoms. The maximum atomic E-state index is 9.57. The van der Waals surface area contributed by atoms with Gasteiger partial charge < -0.3 is 10.8 Å². The van der Waals surface area contributed by atoms with E-state index in [0.29, 0.717) is 0 Å². The Labute approximate surface area is 108 Å². The molecular weight excluding hydrogens is 234 g/mol. The summed E-state index contributed by atoms with van der Waals surface area (Å²) >= 11 is 0. The van der Waals surface area contributed by atoms with Crippen LogP contribution in [0, 0.1) is 0 Å². The van der Waals surface area contributed by atoms with Crippen LogP contribution >= 0.6 is 12.4 Å². The highest BCUT2D eigenvalue weighted by Crippen LogP contribution is 2.25. The summed E-state index contributed by atoms with van der Waals surface area (Å²) in [5.74, 6) is 0. The molecule has 0 radical (unpaired) electrons. The van der Waals surface area contributed by atoms with Crippen LogP contribution in [0.4, 0.5) is 0 Å². The van der Waals surface area contributed by atoms with Gasteiger partial charge in [0.1, 0.15) is 0 Å². The number of hydrogen-bond acceptors (Lipinski definition) is 2. The van der Waals surface area contributed by atoms with Crippen LogP contribution in [0.5, 0.6) is 0 Å². The number of aliphatic hydroxyl groups excluding tert-OH is 1. The zero-order chi connectivity index (χ0) is 11.4. The van der Waals surface area contributed by atoms with E-state index in [1.807, 2.05) is 60.7 Å². The molecule has 0 saturated carbocycles. The monoisotopic (exact) mass is 249 g/mol. The smallest absolute Gasteiger partial charge is 0.0900 e. The van der Waals surface area contributed by atoms with Crippen LogP contribution in [0.3, 0.4) is 0 Å². The van der Waals surface area contributed by atoms with Crippen LogP contribution in [0.2, 0.25) is 0 Å². The lowest BCUT2D eigenvalue weighted by atomic mass is 9.85. The van der Waals surface area contributed by atoms with E-state index in [-0.39, 0.29) is 19.0 Å². The Morgan fingerprint density at radius 3 is 1.47 bits per heavy atom. The largest absolute Gasteiger partial charge is 0.394 e. The minimum atomic E-state index is -0.817. The highest BCUT2D eigenvalue weighted by molar-refractivity contribution is 5.85. The van der Waals surface area contributed by atoms with Gasteiger partial charge in [0.05, 0.1) is 12.1 Å². The van der Waals surface area contributed by atoms with Crippen LogP contribution in [-0.4, -0.2) is 11.7 Å². The number of aliphatic hydroxyl groups is 1. The van der Waals surface area contributed by atoms with Crippen molar-refractivity contribution < 1.29 is 5.11 Å². The summed E-state index contributed by atoms with van der Waals surface area (Å²) in [7, 11) is 0. The SMILES string of the molecule is Cl.NC(CO)(c1ccccc1)c1ccccc1. The van der Waals surface area contributed by atoms with Gasteiger partial charge in [-0.15, -0.1) is 12.4 Å². The van der Waals surface area contributed by atoms with Gasteiger partial charge in [-0.25, -0.2) is 0 Å². The maximum absolute atomic E-state index is 9.57. The molecule has 2 rings (SSSR count). The van der Waals surface area contributed by atoms with Crippen molar-refractivity contribution in [1.82, 2.24) is 0 Å². The van der Waals surface area contributed by atoms with Crippen molar-refractivity contribution >= 4 is 12.4 Å². The van der Waals surface area contributed by atoms with Crippen LogP contribution in [0.15, 0.2) is 60.7 Å². The van der Waals surface area contributed by atoms with E-state index in [1.54, 1.807) is 0 Å². The Morgan fingerprint density at radius 2 is 1.18 bits per heavy atom. The Bertz CT molecular complexity index is 405. The van der Waals surface area contributed by atoms with Gasteiger partial charge in [-0.3, -0.25) is 0 Å². The van der Waals surface area contributed by atoms with Crippen molar-refractivity contribution in [2.45, 2.75) is 5.54 Å². The fourth-order valence-corrected chi connectivity index (χ4v) is 1.82. The predicted molar refractivity (Wildman–Crippen MR) is 72.2 cm³/mol. The summed E-state index contributed by atoms with van der Waals surface area (Å²) in [6.45, 7) is -0.110. The molecule has 0 aliphatic carbocycles. The van der Waals surface area contributed by atoms with Gasteiger partial charge in [-0.05, 0) is 11.1 Å². The van der Waals surface area contributed by atoms with Crippen LogP contribution < -0.4 is 5.73 Å². The van der Waals surface area contributed by atoms with Crippen molar-refractivity contribution in [2.24, 2.45) is 5.73 Å². The molecule has 2 aromatic carbocycles. The molecule has 0 atom stereocenters. The molecule has 0 aliphatic heterocycles. The van der Waals surface area contributed by atoms with Crippen LogP contribution in [0.1, 0.15) is 11.1 Å². The van der Waals surface area contributed by atoms with Gasteiger partial charge >= 0.3 is 0 Å². The fourth-order valence-electron chi connectivity index (χ4n) is 1.82. The minimum Gasteiger partial charge on any atom is -0.394 e. The summed E-state index contributed by atoms with van der Waals surface area (Å²) in [4.78, 5) is 0. The molecule has 3 heteroatoms. The Balaban J connectivity index is 0.00000144. The van der Waals surface area contributed by atoms with E-state index >= 15 is 0 Å². The highest BCUT2D eigenvalue weighted by atomic mass is 35.5. The number of halogens is 1. The zero-order valence-corrected chi connectivity index (χ0v) is 10.2. The molecular formula is C14H16ClNO. The van der Waals surface area contributed by atoms with Gasteiger partial charge in [0.2, 0.25) is 0 Å². The molecule has 0 amide bonds. The first kappa shape index (κ1) is 13.7. The first-order valence-electron chi connectivity index (χ1n) is 5.28. The van der Waals surface area contributed by atoms with E-state index in [0.717, 1.165) is 11.1 Å². The summed E-state index contributed by atoms with van der Waals surface area (Å²) < 4.78 is 0. The molecule has 0 fully saturated rings. The average molecular weight is 250 g/mol. The Hall–Kier alpha value is -1.35. The molecule has 0 spiro atoms. The van der Waals surface area contributed by atoms with Crippen molar-refractivity contribution in [3.05, 3.63) is 71.8 Å². The molecule has 0 saturated heterocycles. The van der Waals surface area contributed by atoms with E-state index < -0.39 is 5.54 Å². The third-order valence-corrected chi connectivity index (χ3v) is 2.83. The molecule has 90 valence electrons. The summed E-state index contributed by atoms with van der Waals surface area (Å²) in [5, 5.41) is 9.57. The lowest BCUT2D eigenvalue weighted by Crippen LogP contribution is -2.41. The van der Waals surface area contributed by atoms with Gasteiger partial charge in [0.15, 0.2) is 0 Å². The van der Waals surface area contributed by atoms with E-state index in [9.17, 15) is 5.11 Å². The van der Waals surface area contributed by atoms with Crippen LogP contribution in [0.25, 0.3) is 0 Å². The Kier molecular flexibility index (Phi) is 4.70. The highest BCUT2D eigenvalue weighted by Gasteiger charge is 2.28.